The lowest BCUT2D eigenvalue weighted by molar-refractivity contribution is 0.282. The first-order valence-electron chi connectivity index (χ1n) is 5.83. The molecule has 0 saturated heterocycles. The molecular weight excluding hydrogens is 214 g/mol. The molecule has 0 aliphatic rings. The first-order valence-corrected chi connectivity index (χ1v) is 5.83. The number of nitrogens with one attached hydrogen (secondary N) is 1. The van der Waals surface area contributed by atoms with Crippen LogP contribution in [0.5, 0.6) is 0 Å². The van der Waals surface area contributed by atoms with Crippen molar-refractivity contribution in [2.75, 3.05) is 5.32 Å². The van der Waals surface area contributed by atoms with E-state index in [1.54, 1.807) is 6.26 Å². The molecule has 2 N–H and O–H groups in total. The van der Waals surface area contributed by atoms with Gasteiger partial charge in [0.05, 0.1) is 18.9 Å². The van der Waals surface area contributed by atoms with E-state index in [4.69, 9.17) is 9.52 Å². The second kappa shape index (κ2) is 5.55. The van der Waals surface area contributed by atoms with Crippen molar-refractivity contribution in [3.63, 3.8) is 0 Å². The van der Waals surface area contributed by atoms with Crippen molar-refractivity contribution in [2.24, 2.45) is 0 Å². The third-order valence-electron chi connectivity index (χ3n) is 2.77. The second-order valence-corrected chi connectivity index (χ2v) is 3.98. The number of benzene rings is 1. The van der Waals surface area contributed by atoms with E-state index in [0.29, 0.717) is 0 Å². The highest BCUT2D eigenvalue weighted by Crippen LogP contribution is 2.23. The maximum absolute atomic E-state index is 8.97. The Kier molecular flexibility index (Phi) is 3.83. The molecule has 1 unspecified atom stereocenters. The molecule has 0 radical (unpaired) electrons. The van der Waals surface area contributed by atoms with Crippen molar-refractivity contribution in [3.8, 4) is 0 Å². The summed E-state index contributed by atoms with van der Waals surface area (Å²) in [5.74, 6) is 0.943. The quantitative estimate of drug-likeness (QED) is 0.829. The second-order valence-electron chi connectivity index (χ2n) is 3.98. The summed E-state index contributed by atoms with van der Waals surface area (Å²) in [6.45, 7) is 2.19. The molecule has 17 heavy (non-hydrogen) atoms. The lowest BCUT2D eigenvalue weighted by atomic mass is 10.1. The van der Waals surface area contributed by atoms with E-state index in [0.717, 1.165) is 23.4 Å². The third-order valence-corrected chi connectivity index (χ3v) is 2.77. The topological polar surface area (TPSA) is 45.4 Å². The number of hydrogen-bond donors (Lipinski definition) is 2. The molecule has 0 spiro atoms. The molecular formula is C14H17NO2. The van der Waals surface area contributed by atoms with E-state index < -0.39 is 0 Å². The molecule has 0 amide bonds. The zero-order valence-electron chi connectivity index (χ0n) is 9.89. The van der Waals surface area contributed by atoms with Gasteiger partial charge in [-0.2, -0.15) is 0 Å². The lowest BCUT2D eigenvalue weighted by Crippen LogP contribution is -2.08. The minimum atomic E-state index is 0.0790. The summed E-state index contributed by atoms with van der Waals surface area (Å²) >= 11 is 0. The van der Waals surface area contributed by atoms with Crippen molar-refractivity contribution in [1.29, 1.82) is 0 Å². The fourth-order valence-electron chi connectivity index (χ4n) is 1.77. The molecule has 2 aromatic rings. The van der Waals surface area contributed by atoms with E-state index >= 15 is 0 Å². The molecule has 2 rings (SSSR count). The van der Waals surface area contributed by atoms with Gasteiger partial charge in [0.1, 0.15) is 5.76 Å². The molecule has 90 valence electrons. The Morgan fingerprint density at radius 1 is 1.24 bits per heavy atom. The highest BCUT2D eigenvalue weighted by molar-refractivity contribution is 5.46. The summed E-state index contributed by atoms with van der Waals surface area (Å²) in [5.41, 5.74) is 1.95. The Morgan fingerprint density at radius 3 is 2.53 bits per heavy atom. The van der Waals surface area contributed by atoms with Gasteiger partial charge in [0.25, 0.3) is 0 Å². The van der Waals surface area contributed by atoms with E-state index in [2.05, 4.69) is 12.2 Å². The van der Waals surface area contributed by atoms with E-state index in [9.17, 15) is 0 Å². The third kappa shape index (κ3) is 2.88. The van der Waals surface area contributed by atoms with Gasteiger partial charge in [-0.3, -0.25) is 0 Å². The first-order chi connectivity index (χ1) is 8.33. The predicted molar refractivity (Wildman–Crippen MR) is 67.7 cm³/mol. The normalized spacial score (nSPS) is 12.4. The number of aliphatic hydroxyl groups is 1. The zero-order chi connectivity index (χ0) is 12.1. The Hall–Kier alpha value is -1.74. The first kappa shape index (κ1) is 11.7. The monoisotopic (exact) mass is 231 g/mol. The van der Waals surface area contributed by atoms with Gasteiger partial charge in [0.2, 0.25) is 0 Å². The van der Waals surface area contributed by atoms with Crippen molar-refractivity contribution >= 4 is 5.69 Å². The molecule has 3 nitrogen and oxygen atoms in total. The number of furan rings is 1. The van der Waals surface area contributed by atoms with Crippen LogP contribution in [0.1, 0.15) is 30.7 Å². The zero-order valence-corrected chi connectivity index (χ0v) is 9.89. The highest BCUT2D eigenvalue weighted by atomic mass is 16.3. The van der Waals surface area contributed by atoms with Crippen LogP contribution in [-0.2, 0) is 6.61 Å². The van der Waals surface area contributed by atoms with Crippen LogP contribution in [0.15, 0.2) is 47.1 Å². The molecule has 0 bridgehead atoms. The molecule has 1 aromatic heterocycles. The number of anilines is 1. The molecule has 0 saturated carbocycles. The Morgan fingerprint density at radius 2 is 2.00 bits per heavy atom. The molecule has 0 aliphatic heterocycles. The van der Waals surface area contributed by atoms with Gasteiger partial charge in [0, 0.05) is 5.69 Å². The summed E-state index contributed by atoms with van der Waals surface area (Å²) in [7, 11) is 0. The highest BCUT2D eigenvalue weighted by Gasteiger charge is 2.11. The van der Waals surface area contributed by atoms with Crippen LogP contribution in [0.2, 0.25) is 0 Å². The number of rotatable bonds is 5. The van der Waals surface area contributed by atoms with E-state index in [-0.39, 0.29) is 12.6 Å². The van der Waals surface area contributed by atoms with Crippen LogP contribution in [0, 0.1) is 0 Å². The summed E-state index contributed by atoms with van der Waals surface area (Å²) in [4.78, 5) is 0. The minimum absolute atomic E-state index is 0.0790. The molecule has 3 heteroatoms. The van der Waals surface area contributed by atoms with Gasteiger partial charge >= 0.3 is 0 Å². The van der Waals surface area contributed by atoms with Gasteiger partial charge in [0.15, 0.2) is 0 Å². The van der Waals surface area contributed by atoms with Gasteiger partial charge < -0.3 is 14.8 Å². The standard InChI is InChI=1S/C14H17NO2/c1-2-13(14-4-3-9-17-14)15-12-7-5-11(10-16)6-8-12/h3-9,13,15-16H,2,10H2,1H3. The largest absolute Gasteiger partial charge is 0.467 e. The summed E-state index contributed by atoms with van der Waals surface area (Å²) in [6.07, 6.45) is 2.64. The predicted octanol–water partition coefficient (Wildman–Crippen LogP) is 3.34. The fourth-order valence-corrected chi connectivity index (χ4v) is 1.77. The molecule has 1 aromatic carbocycles. The maximum Gasteiger partial charge on any atom is 0.125 e. The smallest absolute Gasteiger partial charge is 0.125 e. The van der Waals surface area contributed by atoms with Crippen LogP contribution in [0.4, 0.5) is 5.69 Å². The van der Waals surface area contributed by atoms with Crippen molar-refractivity contribution in [3.05, 3.63) is 54.0 Å². The summed E-state index contributed by atoms with van der Waals surface area (Å²) in [6, 6.07) is 11.8. The van der Waals surface area contributed by atoms with Crippen LogP contribution in [0.3, 0.4) is 0 Å². The van der Waals surface area contributed by atoms with Gasteiger partial charge in [-0.25, -0.2) is 0 Å². The van der Waals surface area contributed by atoms with Crippen molar-refractivity contribution in [2.45, 2.75) is 26.0 Å². The average molecular weight is 231 g/mol. The maximum atomic E-state index is 8.97. The molecule has 1 heterocycles. The van der Waals surface area contributed by atoms with Crippen molar-refractivity contribution < 1.29 is 9.52 Å². The molecule has 0 aliphatic carbocycles. The average Bonchev–Trinajstić information content (AvgIpc) is 2.90. The Bertz CT molecular complexity index is 434. The van der Waals surface area contributed by atoms with Gasteiger partial charge in [-0.05, 0) is 36.2 Å². The summed E-state index contributed by atoms with van der Waals surface area (Å²) < 4.78 is 5.40. The Balaban J connectivity index is 2.07. The van der Waals surface area contributed by atoms with E-state index in [1.807, 2.05) is 36.4 Å². The van der Waals surface area contributed by atoms with Crippen LogP contribution in [-0.4, -0.2) is 5.11 Å². The summed E-state index contributed by atoms with van der Waals surface area (Å²) in [5, 5.41) is 12.4. The molecule has 1 atom stereocenters. The van der Waals surface area contributed by atoms with Crippen LogP contribution in [0.25, 0.3) is 0 Å². The molecule has 0 fully saturated rings. The number of hydrogen-bond acceptors (Lipinski definition) is 3. The van der Waals surface area contributed by atoms with Crippen LogP contribution >= 0.6 is 0 Å². The van der Waals surface area contributed by atoms with Gasteiger partial charge in [-0.1, -0.05) is 19.1 Å². The van der Waals surface area contributed by atoms with Crippen molar-refractivity contribution in [1.82, 2.24) is 0 Å². The van der Waals surface area contributed by atoms with E-state index in [1.165, 1.54) is 0 Å². The lowest BCUT2D eigenvalue weighted by Gasteiger charge is -2.16. The van der Waals surface area contributed by atoms with Gasteiger partial charge in [-0.15, -0.1) is 0 Å². The van der Waals surface area contributed by atoms with Crippen LogP contribution < -0.4 is 5.32 Å². The SMILES string of the molecule is CCC(Nc1ccc(CO)cc1)c1ccco1. The fraction of sp³-hybridized carbons (Fsp3) is 0.286. The Labute approximate surface area is 101 Å². The number of aliphatic hydroxyl groups excluding tert-OH is 1. The minimum Gasteiger partial charge on any atom is -0.467 e.